The minimum atomic E-state index is -4.02. The SMILES string of the molecule is CC[C@@H](C)NC(=O)[C@@H](C)N(Cc1ccc(OC)cc1)C(=O)CN(c1cc([N+](=O)[O-])ccc1C)S(C)(=O)=O. The number of carbonyl (C=O) groups is 2. The predicted molar refractivity (Wildman–Crippen MR) is 141 cm³/mol. The number of anilines is 1. The Morgan fingerprint density at radius 3 is 2.27 bits per heavy atom. The molecule has 0 heterocycles. The van der Waals surface area contributed by atoms with Crippen LogP contribution in [0.25, 0.3) is 0 Å². The number of ether oxygens (including phenoxy) is 1. The lowest BCUT2D eigenvalue weighted by molar-refractivity contribution is -0.384. The fraction of sp³-hybridized carbons (Fsp3) is 0.440. The van der Waals surface area contributed by atoms with Crippen molar-refractivity contribution in [1.29, 1.82) is 0 Å². The summed E-state index contributed by atoms with van der Waals surface area (Å²) >= 11 is 0. The molecule has 0 unspecified atom stereocenters. The van der Waals surface area contributed by atoms with Gasteiger partial charge in [-0.2, -0.15) is 0 Å². The number of methoxy groups -OCH3 is 1. The Labute approximate surface area is 217 Å². The van der Waals surface area contributed by atoms with Crippen LogP contribution in [0.4, 0.5) is 11.4 Å². The third-order valence-corrected chi connectivity index (χ3v) is 7.16. The van der Waals surface area contributed by atoms with Gasteiger partial charge in [0.05, 0.1) is 24.0 Å². The maximum absolute atomic E-state index is 13.6. The van der Waals surface area contributed by atoms with E-state index in [1.807, 2.05) is 13.8 Å². The number of sulfonamides is 1. The van der Waals surface area contributed by atoms with E-state index < -0.39 is 33.4 Å². The molecule has 37 heavy (non-hydrogen) atoms. The van der Waals surface area contributed by atoms with Crippen LogP contribution in [-0.2, 0) is 26.2 Å². The van der Waals surface area contributed by atoms with Crippen LogP contribution in [0, 0.1) is 17.0 Å². The van der Waals surface area contributed by atoms with Gasteiger partial charge in [-0.05, 0) is 50.5 Å². The van der Waals surface area contributed by atoms with Crippen molar-refractivity contribution in [3.05, 3.63) is 63.7 Å². The van der Waals surface area contributed by atoms with Crippen LogP contribution >= 0.6 is 0 Å². The van der Waals surface area contributed by atoms with E-state index in [4.69, 9.17) is 4.74 Å². The fourth-order valence-electron chi connectivity index (χ4n) is 3.55. The molecule has 2 rings (SSSR count). The van der Waals surface area contributed by atoms with Gasteiger partial charge in [0.25, 0.3) is 5.69 Å². The molecular weight excluding hydrogens is 500 g/mol. The Bertz CT molecular complexity index is 1230. The molecule has 0 fully saturated rings. The van der Waals surface area contributed by atoms with Crippen molar-refractivity contribution in [3.63, 3.8) is 0 Å². The van der Waals surface area contributed by atoms with E-state index in [1.54, 1.807) is 38.1 Å². The van der Waals surface area contributed by atoms with E-state index >= 15 is 0 Å². The zero-order chi connectivity index (χ0) is 27.9. The van der Waals surface area contributed by atoms with Gasteiger partial charge < -0.3 is 15.0 Å². The first-order chi connectivity index (χ1) is 17.3. The number of hydrogen-bond donors (Lipinski definition) is 1. The highest BCUT2D eigenvalue weighted by molar-refractivity contribution is 7.92. The lowest BCUT2D eigenvalue weighted by atomic mass is 10.1. The maximum atomic E-state index is 13.6. The number of benzene rings is 2. The minimum absolute atomic E-state index is 0.0196. The predicted octanol–water partition coefficient (Wildman–Crippen LogP) is 3.01. The monoisotopic (exact) mass is 534 g/mol. The molecule has 2 aromatic carbocycles. The Morgan fingerprint density at radius 1 is 1.14 bits per heavy atom. The van der Waals surface area contributed by atoms with Gasteiger partial charge in [0, 0.05) is 24.7 Å². The standard InChI is InChI=1S/C25H34N4O7S/c1-7-18(3)26-25(31)19(4)27(15-20-9-12-22(36-5)13-10-20)24(30)16-28(37(6,34)35)23-14-21(29(32)33)11-8-17(23)2/h8-14,18-19H,7,15-16H2,1-6H3,(H,26,31)/t18-,19-/m1/s1. The number of aryl methyl sites for hydroxylation is 1. The number of rotatable bonds is 12. The highest BCUT2D eigenvalue weighted by Crippen LogP contribution is 2.28. The Kier molecular flexibility index (Phi) is 10.0. The largest absolute Gasteiger partial charge is 0.497 e. The molecular formula is C25H34N4O7S. The number of amides is 2. The summed E-state index contributed by atoms with van der Waals surface area (Å²) in [5, 5.41) is 14.2. The number of nitrogens with one attached hydrogen (secondary N) is 1. The smallest absolute Gasteiger partial charge is 0.271 e. The Morgan fingerprint density at radius 2 is 1.76 bits per heavy atom. The third kappa shape index (κ3) is 7.91. The minimum Gasteiger partial charge on any atom is -0.497 e. The summed E-state index contributed by atoms with van der Waals surface area (Å²) in [5.74, 6) is -0.402. The van der Waals surface area contributed by atoms with E-state index in [1.165, 1.54) is 24.1 Å². The molecule has 2 amide bonds. The molecule has 202 valence electrons. The van der Waals surface area contributed by atoms with Crippen LogP contribution in [0.1, 0.15) is 38.3 Å². The summed E-state index contributed by atoms with van der Waals surface area (Å²) < 4.78 is 31.5. The molecule has 12 heteroatoms. The first kappa shape index (κ1) is 29.6. The third-order valence-electron chi connectivity index (χ3n) is 6.03. The Balaban J connectivity index is 2.47. The van der Waals surface area contributed by atoms with Crippen LogP contribution in [0.5, 0.6) is 5.75 Å². The second-order valence-electron chi connectivity index (χ2n) is 8.86. The van der Waals surface area contributed by atoms with Crippen LogP contribution in [0.3, 0.4) is 0 Å². The molecule has 1 N–H and O–H groups in total. The molecule has 0 saturated carbocycles. The second-order valence-corrected chi connectivity index (χ2v) is 10.8. The van der Waals surface area contributed by atoms with Gasteiger partial charge in [0.1, 0.15) is 18.3 Å². The number of non-ortho nitro benzene ring substituents is 1. The average Bonchev–Trinajstić information content (AvgIpc) is 2.85. The van der Waals surface area contributed by atoms with Crippen molar-refractivity contribution in [2.24, 2.45) is 0 Å². The van der Waals surface area contributed by atoms with Gasteiger partial charge in [-0.25, -0.2) is 8.42 Å². The molecule has 11 nitrogen and oxygen atoms in total. The lowest BCUT2D eigenvalue weighted by Crippen LogP contribution is -2.52. The van der Waals surface area contributed by atoms with Crippen molar-refractivity contribution in [2.75, 3.05) is 24.2 Å². The fourth-order valence-corrected chi connectivity index (χ4v) is 4.45. The average molecular weight is 535 g/mol. The van der Waals surface area contributed by atoms with E-state index in [-0.39, 0.29) is 29.9 Å². The molecule has 2 aromatic rings. The molecule has 0 aliphatic rings. The van der Waals surface area contributed by atoms with E-state index in [9.17, 15) is 28.1 Å². The molecule has 0 bridgehead atoms. The molecule has 0 saturated heterocycles. The highest BCUT2D eigenvalue weighted by atomic mass is 32.2. The maximum Gasteiger partial charge on any atom is 0.271 e. The van der Waals surface area contributed by atoms with Gasteiger partial charge in [0.2, 0.25) is 21.8 Å². The number of carbonyl (C=O) groups excluding carboxylic acids is 2. The van der Waals surface area contributed by atoms with Gasteiger partial charge in [-0.15, -0.1) is 0 Å². The van der Waals surface area contributed by atoms with Crippen LogP contribution in [0.15, 0.2) is 42.5 Å². The van der Waals surface area contributed by atoms with E-state index in [0.717, 1.165) is 16.6 Å². The molecule has 0 aliphatic heterocycles. The summed E-state index contributed by atoms with van der Waals surface area (Å²) in [6, 6.07) is 9.70. The zero-order valence-electron chi connectivity index (χ0n) is 21.9. The number of hydrogen-bond acceptors (Lipinski definition) is 7. The molecule has 0 aliphatic carbocycles. The van der Waals surface area contributed by atoms with Crippen molar-refractivity contribution >= 4 is 33.2 Å². The normalized spacial score (nSPS) is 12.8. The topological polar surface area (TPSA) is 139 Å². The van der Waals surface area contributed by atoms with Crippen molar-refractivity contribution in [3.8, 4) is 5.75 Å². The van der Waals surface area contributed by atoms with Crippen LogP contribution < -0.4 is 14.4 Å². The van der Waals surface area contributed by atoms with Gasteiger partial charge >= 0.3 is 0 Å². The summed E-state index contributed by atoms with van der Waals surface area (Å²) in [5.41, 5.74) is 0.854. The quantitative estimate of drug-likeness (QED) is 0.326. The summed E-state index contributed by atoms with van der Waals surface area (Å²) in [7, 11) is -2.49. The van der Waals surface area contributed by atoms with Crippen molar-refractivity contribution in [2.45, 2.75) is 52.7 Å². The molecule has 2 atom stereocenters. The number of nitrogens with zero attached hydrogens (tertiary/aromatic N) is 3. The Hall–Kier alpha value is -3.67. The molecule has 0 aromatic heterocycles. The summed E-state index contributed by atoms with van der Waals surface area (Å²) in [4.78, 5) is 38.5. The van der Waals surface area contributed by atoms with E-state index in [0.29, 0.717) is 23.3 Å². The summed E-state index contributed by atoms with van der Waals surface area (Å²) in [6.45, 7) is 6.32. The second kappa shape index (κ2) is 12.5. The van der Waals surface area contributed by atoms with Gasteiger partial charge in [-0.3, -0.25) is 24.0 Å². The van der Waals surface area contributed by atoms with Gasteiger partial charge in [-0.1, -0.05) is 25.1 Å². The first-order valence-corrected chi connectivity index (χ1v) is 13.6. The summed E-state index contributed by atoms with van der Waals surface area (Å²) in [6.07, 6.45) is 1.62. The highest BCUT2D eigenvalue weighted by Gasteiger charge is 2.31. The van der Waals surface area contributed by atoms with Crippen LogP contribution in [0.2, 0.25) is 0 Å². The number of nitro groups is 1. The number of nitro benzene ring substituents is 1. The molecule has 0 radical (unpaired) electrons. The molecule has 0 spiro atoms. The first-order valence-electron chi connectivity index (χ1n) is 11.7. The van der Waals surface area contributed by atoms with Gasteiger partial charge in [0.15, 0.2) is 0 Å². The van der Waals surface area contributed by atoms with Crippen molar-refractivity contribution in [1.82, 2.24) is 10.2 Å². The van der Waals surface area contributed by atoms with Crippen LogP contribution in [-0.4, -0.2) is 62.0 Å². The lowest BCUT2D eigenvalue weighted by Gasteiger charge is -2.32. The van der Waals surface area contributed by atoms with Crippen molar-refractivity contribution < 1.29 is 27.7 Å². The van der Waals surface area contributed by atoms with E-state index in [2.05, 4.69) is 5.32 Å². The zero-order valence-corrected chi connectivity index (χ0v) is 22.7.